The van der Waals surface area contributed by atoms with E-state index in [0.29, 0.717) is 5.02 Å². The first-order valence-corrected chi connectivity index (χ1v) is 6.22. The van der Waals surface area contributed by atoms with E-state index in [0.717, 1.165) is 5.56 Å². The maximum absolute atomic E-state index is 11.6. The van der Waals surface area contributed by atoms with Gasteiger partial charge in [0.15, 0.2) is 0 Å². The fraction of sp³-hybridized carbons (Fsp3) is 0.385. The maximum Gasteiger partial charge on any atom is 0.413 e. The zero-order valence-electron chi connectivity index (χ0n) is 11.1. The van der Waals surface area contributed by atoms with Crippen LogP contribution in [0.1, 0.15) is 25.5 Å². The Morgan fingerprint density at radius 2 is 1.79 bits per heavy atom. The monoisotopic (exact) mass is 284 g/mol. The van der Waals surface area contributed by atoms with Gasteiger partial charge in [0, 0.05) is 11.1 Å². The molecular formula is C13H17ClN2O3. The number of nitrogens with one attached hydrogen (secondary N) is 2. The average molecular weight is 285 g/mol. The van der Waals surface area contributed by atoms with E-state index < -0.39 is 18.0 Å². The third kappa shape index (κ3) is 4.89. The SMILES string of the molecule is COC(=O)NC(=O)[C@@H](C)N[C@@H](C)c1ccc(Cl)cc1. The Bertz CT molecular complexity index is 448. The fourth-order valence-electron chi connectivity index (χ4n) is 1.56. The summed E-state index contributed by atoms with van der Waals surface area (Å²) in [6, 6.07) is 6.76. The van der Waals surface area contributed by atoms with Crippen LogP contribution in [-0.4, -0.2) is 25.2 Å². The van der Waals surface area contributed by atoms with E-state index in [4.69, 9.17) is 11.6 Å². The largest absolute Gasteiger partial charge is 0.453 e. The number of carbonyl (C=O) groups is 2. The quantitative estimate of drug-likeness (QED) is 0.890. The van der Waals surface area contributed by atoms with Gasteiger partial charge in [-0.05, 0) is 31.5 Å². The van der Waals surface area contributed by atoms with Crippen molar-refractivity contribution < 1.29 is 14.3 Å². The van der Waals surface area contributed by atoms with Crippen LogP contribution in [0.4, 0.5) is 4.79 Å². The van der Waals surface area contributed by atoms with E-state index in [-0.39, 0.29) is 6.04 Å². The van der Waals surface area contributed by atoms with Crippen LogP contribution in [0, 0.1) is 0 Å². The van der Waals surface area contributed by atoms with Gasteiger partial charge in [-0.25, -0.2) is 4.79 Å². The number of amides is 2. The van der Waals surface area contributed by atoms with Crippen LogP contribution < -0.4 is 10.6 Å². The number of alkyl carbamates (subject to hydrolysis) is 1. The van der Waals surface area contributed by atoms with Crippen molar-refractivity contribution in [3.63, 3.8) is 0 Å². The number of carbonyl (C=O) groups excluding carboxylic acids is 2. The van der Waals surface area contributed by atoms with Crippen molar-refractivity contribution in [1.29, 1.82) is 0 Å². The van der Waals surface area contributed by atoms with Crippen molar-refractivity contribution in [2.45, 2.75) is 25.9 Å². The van der Waals surface area contributed by atoms with Crippen LogP contribution in [0.2, 0.25) is 5.02 Å². The van der Waals surface area contributed by atoms with Crippen LogP contribution in [0.15, 0.2) is 24.3 Å². The van der Waals surface area contributed by atoms with Crippen molar-refractivity contribution >= 4 is 23.6 Å². The minimum atomic E-state index is -0.766. The first-order chi connectivity index (χ1) is 8.93. The Labute approximate surface area is 117 Å². The third-order valence-corrected chi connectivity index (χ3v) is 2.93. The van der Waals surface area contributed by atoms with Gasteiger partial charge in [0.1, 0.15) is 0 Å². The number of halogens is 1. The van der Waals surface area contributed by atoms with Crippen LogP contribution in [0.5, 0.6) is 0 Å². The van der Waals surface area contributed by atoms with E-state index >= 15 is 0 Å². The third-order valence-electron chi connectivity index (χ3n) is 2.67. The molecule has 1 aromatic carbocycles. The molecule has 0 aliphatic rings. The zero-order chi connectivity index (χ0) is 14.4. The van der Waals surface area contributed by atoms with Crippen molar-refractivity contribution in [2.75, 3.05) is 7.11 Å². The Kier molecular flexibility index (Phi) is 5.79. The molecule has 0 heterocycles. The van der Waals surface area contributed by atoms with E-state index in [1.54, 1.807) is 19.1 Å². The van der Waals surface area contributed by atoms with Gasteiger partial charge < -0.3 is 4.74 Å². The molecule has 0 saturated heterocycles. The summed E-state index contributed by atoms with van der Waals surface area (Å²) in [5.41, 5.74) is 1.00. The molecule has 0 radical (unpaired) electrons. The summed E-state index contributed by atoms with van der Waals surface area (Å²) in [4.78, 5) is 22.6. The van der Waals surface area contributed by atoms with Gasteiger partial charge in [-0.1, -0.05) is 23.7 Å². The second-order valence-corrected chi connectivity index (χ2v) is 4.58. The highest BCUT2D eigenvalue weighted by molar-refractivity contribution is 6.30. The van der Waals surface area contributed by atoms with Crippen molar-refractivity contribution in [3.05, 3.63) is 34.9 Å². The van der Waals surface area contributed by atoms with Crippen molar-refractivity contribution in [1.82, 2.24) is 10.6 Å². The van der Waals surface area contributed by atoms with Crippen molar-refractivity contribution in [2.24, 2.45) is 0 Å². The molecule has 0 bridgehead atoms. The summed E-state index contributed by atoms with van der Waals surface area (Å²) in [6.45, 7) is 3.59. The lowest BCUT2D eigenvalue weighted by Gasteiger charge is -2.19. The van der Waals surface area contributed by atoms with Crippen molar-refractivity contribution in [3.8, 4) is 0 Å². The Morgan fingerprint density at radius 3 is 2.32 bits per heavy atom. The molecule has 6 heteroatoms. The number of imide groups is 1. The molecule has 1 rings (SSSR count). The summed E-state index contributed by atoms with van der Waals surface area (Å²) >= 11 is 5.81. The normalized spacial score (nSPS) is 13.5. The van der Waals surface area contributed by atoms with E-state index in [1.165, 1.54) is 7.11 Å². The summed E-state index contributed by atoms with van der Waals surface area (Å²) in [7, 11) is 1.21. The topological polar surface area (TPSA) is 67.4 Å². The highest BCUT2D eigenvalue weighted by atomic mass is 35.5. The van der Waals surface area contributed by atoms with Gasteiger partial charge in [0.25, 0.3) is 0 Å². The lowest BCUT2D eigenvalue weighted by Crippen LogP contribution is -2.45. The van der Waals surface area contributed by atoms with Gasteiger partial charge in [0.05, 0.1) is 13.2 Å². The van der Waals surface area contributed by atoms with Crippen LogP contribution in [0.25, 0.3) is 0 Å². The van der Waals surface area contributed by atoms with E-state index in [1.807, 2.05) is 19.1 Å². The molecular weight excluding hydrogens is 268 g/mol. The molecule has 0 unspecified atom stereocenters. The molecule has 2 N–H and O–H groups in total. The molecule has 2 atom stereocenters. The lowest BCUT2D eigenvalue weighted by molar-refractivity contribution is -0.122. The number of ether oxygens (including phenoxy) is 1. The smallest absolute Gasteiger partial charge is 0.413 e. The standard InChI is InChI=1S/C13H17ClN2O3/c1-8(10-4-6-11(14)7-5-10)15-9(2)12(17)16-13(18)19-3/h4-9,15H,1-3H3,(H,16,17,18)/t8-,9+/m0/s1. The zero-order valence-corrected chi connectivity index (χ0v) is 11.8. The van der Waals surface area contributed by atoms with Gasteiger partial charge >= 0.3 is 6.09 Å². The Balaban J connectivity index is 2.56. The molecule has 2 amide bonds. The summed E-state index contributed by atoms with van der Waals surface area (Å²) in [6.07, 6.45) is -0.766. The number of benzene rings is 1. The molecule has 104 valence electrons. The van der Waals surface area contributed by atoms with Gasteiger partial charge in [-0.2, -0.15) is 0 Å². The van der Waals surface area contributed by atoms with E-state index in [2.05, 4.69) is 15.4 Å². The molecule has 1 aromatic rings. The second-order valence-electron chi connectivity index (χ2n) is 4.14. The minimum Gasteiger partial charge on any atom is -0.453 e. The number of methoxy groups -OCH3 is 1. The summed E-state index contributed by atoms with van der Waals surface area (Å²) in [5.74, 6) is -0.437. The van der Waals surface area contributed by atoms with E-state index in [9.17, 15) is 9.59 Å². The molecule has 0 aromatic heterocycles. The predicted molar refractivity (Wildman–Crippen MR) is 73.0 cm³/mol. The molecule has 0 aliphatic heterocycles. The summed E-state index contributed by atoms with van der Waals surface area (Å²) in [5, 5.41) is 5.85. The highest BCUT2D eigenvalue weighted by Gasteiger charge is 2.18. The van der Waals surface area contributed by atoms with Crippen LogP contribution in [0.3, 0.4) is 0 Å². The van der Waals surface area contributed by atoms with Gasteiger partial charge in [-0.15, -0.1) is 0 Å². The number of rotatable bonds is 4. The molecule has 5 nitrogen and oxygen atoms in total. The first-order valence-electron chi connectivity index (χ1n) is 5.84. The molecule has 0 spiro atoms. The van der Waals surface area contributed by atoms with Gasteiger partial charge in [0.2, 0.25) is 5.91 Å². The van der Waals surface area contributed by atoms with Crippen LogP contribution in [-0.2, 0) is 9.53 Å². The maximum atomic E-state index is 11.6. The number of hydrogen-bond acceptors (Lipinski definition) is 4. The second kappa shape index (κ2) is 7.11. The molecule has 0 saturated carbocycles. The summed E-state index contributed by atoms with van der Waals surface area (Å²) < 4.78 is 4.36. The van der Waals surface area contributed by atoms with Crippen LogP contribution >= 0.6 is 11.6 Å². The predicted octanol–water partition coefficient (Wildman–Crippen LogP) is 2.26. The van der Waals surface area contributed by atoms with Gasteiger partial charge in [-0.3, -0.25) is 15.4 Å². The first kappa shape index (κ1) is 15.5. The highest BCUT2D eigenvalue weighted by Crippen LogP contribution is 2.16. The average Bonchev–Trinajstić information content (AvgIpc) is 2.38. The minimum absolute atomic E-state index is 0.0457. The lowest BCUT2D eigenvalue weighted by atomic mass is 10.1. The fourth-order valence-corrected chi connectivity index (χ4v) is 1.68. The molecule has 0 aliphatic carbocycles. The number of hydrogen-bond donors (Lipinski definition) is 2. The Hall–Kier alpha value is -1.59. The molecule has 0 fully saturated rings. The Morgan fingerprint density at radius 1 is 1.21 bits per heavy atom. The molecule has 19 heavy (non-hydrogen) atoms.